The van der Waals surface area contributed by atoms with Gasteiger partial charge in [0.15, 0.2) is 5.82 Å². The lowest BCUT2D eigenvalue weighted by Gasteiger charge is -2.37. The number of fused-ring (bicyclic) bond motifs is 1. The lowest BCUT2D eigenvalue weighted by Crippen LogP contribution is -2.50. The second-order valence-corrected chi connectivity index (χ2v) is 11.3. The summed E-state index contributed by atoms with van der Waals surface area (Å²) < 4.78 is 1.98. The molecule has 0 unspecified atom stereocenters. The van der Waals surface area contributed by atoms with Gasteiger partial charge >= 0.3 is 6.03 Å². The number of hydrogen-bond donors (Lipinski definition) is 1. The molecule has 10 heteroatoms. The molecule has 2 fully saturated rings. The molecule has 0 aromatic carbocycles. The van der Waals surface area contributed by atoms with Gasteiger partial charge in [0, 0.05) is 52.2 Å². The number of hydrogen-bond acceptors (Lipinski definition) is 7. The van der Waals surface area contributed by atoms with Crippen molar-refractivity contribution in [3.63, 3.8) is 0 Å². The van der Waals surface area contributed by atoms with E-state index in [1.54, 1.807) is 11.1 Å². The standard InChI is InChI=1S/C30H38N8O2/c1-4-37-28(38-14-13-27(39)34-30(38)40)16-32-29(37)24-12-9-21-17-36(19-25(21)33-24)18-22-10-11-23(15-31-22)35(3)26-8-6-5-7-20(26)2/h9-12,15-16,20,26H,4-8,13-14,17-19H2,1-3H3,(H,34,39,40)/t20-,26+/m0/s1. The molecule has 3 aromatic heterocycles. The summed E-state index contributed by atoms with van der Waals surface area (Å²) in [6.45, 7) is 7.71. The van der Waals surface area contributed by atoms with Gasteiger partial charge in [-0.2, -0.15) is 0 Å². The Kier molecular flexibility index (Phi) is 7.27. The van der Waals surface area contributed by atoms with E-state index in [1.807, 2.05) is 23.8 Å². The first-order valence-electron chi connectivity index (χ1n) is 14.5. The average Bonchev–Trinajstić information content (AvgIpc) is 3.56. The zero-order chi connectivity index (χ0) is 27.8. The summed E-state index contributed by atoms with van der Waals surface area (Å²) in [5.74, 6) is 1.86. The van der Waals surface area contributed by atoms with E-state index < -0.39 is 6.03 Å². The van der Waals surface area contributed by atoms with Crippen molar-refractivity contribution < 1.29 is 9.59 Å². The average molecular weight is 543 g/mol. The number of urea groups is 1. The number of anilines is 2. The van der Waals surface area contributed by atoms with E-state index in [2.05, 4.69) is 52.3 Å². The van der Waals surface area contributed by atoms with Crippen molar-refractivity contribution in [2.75, 3.05) is 23.4 Å². The van der Waals surface area contributed by atoms with Gasteiger partial charge in [0.25, 0.3) is 0 Å². The number of imide groups is 1. The number of pyridine rings is 2. The number of amides is 3. The summed E-state index contributed by atoms with van der Waals surface area (Å²) in [5.41, 5.74) is 5.30. The highest BCUT2D eigenvalue weighted by molar-refractivity contribution is 6.05. The van der Waals surface area contributed by atoms with Crippen LogP contribution < -0.4 is 15.1 Å². The minimum absolute atomic E-state index is 0.249. The normalized spacial score (nSPS) is 21.4. The molecule has 3 aromatic rings. The third kappa shape index (κ3) is 5.08. The monoisotopic (exact) mass is 542 g/mol. The van der Waals surface area contributed by atoms with Crippen LogP contribution in [0, 0.1) is 5.92 Å². The maximum Gasteiger partial charge on any atom is 0.329 e. The number of aromatic nitrogens is 4. The molecule has 10 nitrogen and oxygen atoms in total. The van der Waals surface area contributed by atoms with Gasteiger partial charge in [-0.3, -0.25) is 24.9 Å². The fraction of sp³-hybridized carbons (Fsp3) is 0.500. The fourth-order valence-electron chi connectivity index (χ4n) is 6.45. The zero-order valence-electron chi connectivity index (χ0n) is 23.6. The third-order valence-electron chi connectivity index (χ3n) is 8.71. The second-order valence-electron chi connectivity index (χ2n) is 11.3. The Hall–Kier alpha value is -3.79. The highest BCUT2D eigenvalue weighted by Crippen LogP contribution is 2.31. The minimum Gasteiger partial charge on any atom is -0.370 e. The lowest BCUT2D eigenvalue weighted by molar-refractivity contribution is -0.120. The van der Waals surface area contributed by atoms with Gasteiger partial charge < -0.3 is 9.47 Å². The SMILES string of the molecule is CCn1c(N2CCC(=O)NC2=O)cnc1-c1ccc2c(n1)CN(Cc1ccc(N(C)[C@@H]3CCCC[C@@H]3C)cn1)C2. The van der Waals surface area contributed by atoms with E-state index in [-0.39, 0.29) is 12.3 Å². The van der Waals surface area contributed by atoms with Crippen LogP contribution in [0.4, 0.5) is 16.3 Å². The van der Waals surface area contributed by atoms with Crippen LogP contribution in [0.2, 0.25) is 0 Å². The second kappa shape index (κ2) is 11.0. The molecular formula is C30H38N8O2. The molecule has 2 atom stereocenters. The van der Waals surface area contributed by atoms with Gasteiger partial charge in [0.05, 0.1) is 29.5 Å². The Balaban J connectivity index is 1.13. The first-order chi connectivity index (χ1) is 19.4. The predicted molar refractivity (Wildman–Crippen MR) is 154 cm³/mol. The number of nitrogens with one attached hydrogen (secondary N) is 1. The van der Waals surface area contributed by atoms with Crippen molar-refractivity contribution in [3.05, 3.63) is 53.6 Å². The first-order valence-corrected chi connectivity index (χ1v) is 14.5. The smallest absolute Gasteiger partial charge is 0.329 e. The molecule has 5 heterocycles. The Labute approximate surface area is 235 Å². The molecule has 1 saturated heterocycles. The number of carbonyl (C=O) groups excluding carboxylic acids is 2. The highest BCUT2D eigenvalue weighted by atomic mass is 16.2. The molecule has 40 heavy (non-hydrogen) atoms. The Bertz CT molecular complexity index is 1400. The molecule has 1 aliphatic carbocycles. The molecular weight excluding hydrogens is 504 g/mol. The number of carbonyl (C=O) groups is 2. The largest absolute Gasteiger partial charge is 0.370 e. The van der Waals surface area contributed by atoms with Crippen molar-refractivity contribution in [2.45, 2.75) is 78.2 Å². The van der Waals surface area contributed by atoms with Crippen LogP contribution in [0.5, 0.6) is 0 Å². The van der Waals surface area contributed by atoms with Crippen molar-refractivity contribution in [2.24, 2.45) is 5.92 Å². The van der Waals surface area contributed by atoms with Crippen LogP contribution in [0.3, 0.4) is 0 Å². The van der Waals surface area contributed by atoms with Gasteiger partial charge in [-0.05, 0) is 49.4 Å². The molecule has 1 saturated carbocycles. The van der Waals surface area contributed by atoms with E-state index in [9.17, 15) is 9.59 Å². The molecule has 210 valence electrons. The zero-order valence-corrected chi connectivity index (χ0v) is 23.6. The van der Waals surface area contributed by atoms with E-state index in [1.165, 1.54) is 36.9 Å². The van der Waals surface area contributed by atoms with E-state index in [4.69, 9.17) is 9.97 Å². The quantitative estimate of drug-likeness (QED) is 0.474. The van der Waals surface area contributed by atoms with Crippen LogP contribution in [0.1, 0.15) is 62.9 Å². The topological polar surface area (TPSA) is 99.5 Å². The molecule has 3 amide bonds. The van der Waals surface area contributed by atoms with Crippen LogP contribution in [0.15, 0.2) is 36.7 Å². The fourth-order valence-corrected chi connectivity index (χ4v) is 6.45. The summed E-state index contributed by atoms with van der Waals surface area (Å²) in [5, 5.41) is 2.39. The predicted octanol–water partition coefficient (Wildman–Crippen LogP) is 4.34. The van der Waals surface area contributed by atoms with Crippen molar-refractivity contribution >= 4 is 23.4 Å². The summed E-state index contributed by atoms with van der Waals surface area (Å²) in [6, 6.07) is 8.70. The van der Waals surface area contributed by atoms with E-state index in [0.717, 1.165) is 48.5 Å². The summed E-state index contributed by atoms with van der Waals surface area (Å²) in [7, 11) is 2.21. The molecule has 2 aliphatic heterocycles. The van der Waals surface area contributed by atoms with E-state index in [0.29, 0.717) is 24.9 Å². The van der Waals surface area contributed by atoms with Crippen LogP contribution >= 0.6 is 0 Å². The molecule has 3 aliphatic rings. The van der Waals surface area contributed by atoms with Crippen LogP contribution in [-0.2, 0) is 31.0 Å². The lowest BCUT2D eigenvalue weighted by atomic mass is 9.85. The first kappa shape index (κ1) is 26.4. The van der Waals surface area contributed by atoms with Crippen LogP contribution in [0.25, 0.3) is 11.5 Å². The highest BCUT2D eigenvalue weighted by Gasteiger charge is 2.29. The Morgan fingerprint density at radius 3 is 2.65 bits per heavy atom. The summed E-state index contributed by atoms with van der Waals surface area (Å²) >= 11 is 0. The summed E-state index contributed by atoms with van der Waals surface area (Å²) in [4.78, 5) is 44.8. The van der Waals surface area contributed by atoms with Gasteiger partial charge in [-0.15, -0.1) is 0 Å². The maximum atomic E-state index is 12.4. The van der Waals surface area contributed by atoms with Crippen molar-refractivity contribution in [1.29, 1.82) is 0 Å². The Morgan fingerprint density at radius 2 is 1.90 bits per heavy atom. The number of imidazole rings is 1. The molecule has 6 rings (SSSR count). The van der Waals surface area contributed by atoms with Crippen LogP contribution in [-0.4, -0.2) is 56.0 Å². The summed E-state index contributed by atoms with van der Waals surface area (Å²) in [6.07, 6.45) is 9.22. The minimum atomic E-state index is -0.410. The molecule has 0 radical (unpaired) electrons. The van der Waals surface area contributed by atoms with E-state index >= 15 is 0 Å². The molecule has 0 spiro atoms. The number of rotatable bonds is 7. The Morgan fingerprint density at radius 1 is 1.05 bits per heavy atom. The number of nitrogens with zero attached hydrogens (tertiary/aromatic N) is 7. The van der Waals surface area contributed by atoms with Gasteiger partial charge in [-0.1, -0.05) is 25.8 Å². The van der Waals surface area contributed by atoms with Crippen molar-refractivity contribution in [3.8, 4) is 11.5 Å². The van der Waals surface area contributed by atoms with Gasteiger partial charge in [0.1, 0.15) is 11.5 Å². The van der Waals surface area contributed by atoms with Crippen molar-refractivity contribution in [1.82, 2.24) is 29.7 Å². The van der Waals surface area contributed by atoms with Gasteiger partial charge in [0.2, 0.25) is 5.91 Å². The van der Waals surface area contributed by atoms with Gasteiger partial charge in [-0.25, -0.2) is 14.8 Å². The molecule has 1 N–H and O–H groups in total. The maximum absolute atomic E-state index is 12.4. The molecule has 0 bridgehead atoms. The third-order valence-corrected chi connectivity index (χ3v) is 8.71.